The van der Waals surface area contributed by atoms with E-state index < -0.39 is 0 Å². The van der Waals surface area contributed by atoms with Crippen molar-refractivity contribution in [1.82, 2.24) is 25.6 Å². The lowest BCUT2D eigenvalue weighted by atomic mass is 10.2. The number of nitrogens with zero attached hydrogens (tertiary/aromatic N) is 3. The molecule has 3 rings (SSSR count). The lowest BCUT2D eigenvalue weighted by Crippen LogP contribution is -2.43. The summed E-state index contributed by atoms with van der Waals surface area (Å²) in [6, 6.07) is 0.520. The van der Waals surface area contributed by atoms with Gasteiger partial charge in [-0.1, -0.05) is 5.21 Å². The fraction of sp³-hybridized carbons (Fsp3) is 0.750. The number of ether oxygens (including phenoxy) is 1. The number of carbonyl (C=O) groups excluding carboxylic acids is 1. The average Bonchev–Trinajstić information content (AvgIpc) is 2.96. The standard InChI is InChI=1S/C12H19N5O2/c1-19-10-3-2-8(4-10)14-12(18)11-7-17(16-15-11)9-5-13-6-9/h7-10,13H,2-6H2,1H3,(H,14,18). The second kappa shape index (κ2) is 5.26. The highest BCUT2D eigenvalue weighted by Gasteiger charge is 2.27. The molecule has 1 aliphatic carbocycles. The van der Waals surface area contributed by atoms with Gasteiger partial charge in [-0.05, 0) is 19.3 Å². The highest BCUT2D eigenvalue weighted by Crippen LogP contribution is 2.21. The minimum atomic E-state index is -0.139. The van der Waals surface area contributed by atoms with Gasteiger partial charge in [0.15, 0.2) is 5.69 Å². The molecule has 7 heteroatoms. The van der Waals surface area contributed by atoms with Gasteiger partial charge in [0.05, 0.1) is 18.3 Å². The smallest absolute Gasteiger partial charge is 0.273 e. The van der Waals surface area contributed by atoms with E-state index >= 15 is 0 Å². The van der Waals surface area contributed by atoms with Gasteiger partial charge < -0.3 is 15.4 Å². The Kier molecular flexibility index (Phi) is 3.48. The summed E-state index contributed by atoms with van der Waals surface area (Å²) in [5.74, 6) is -0.139. The summed E-state index contributed by atoms with van der Waals surface area (Å²) >= 11 is 0. The molecule has 104 valence electrons. The molecule has 1 aromatic heterocycles. The Labute approximate surface area is 111 Å². The number of hydrogen-bond donors (Lipinski definition) is 2. The molecule has 7 nitrogen and oxygen atoms in total. The van der Waals surface area contributed by atoms with Gasteiger partial charge in [-0.2, -0.15) is 0 Å². The summed E-state index contributed by atoms with van der Waals surface area (Å²) in [5.41, 5.74) is 0.396. The van der Waals surface area contributed by atoms with Crippen LogP contribution in [0.1, 0.15) is 35.8 Å². The van der Waals surface area contributed by atoms with Crippen LogP contribution in [-0.4, -0.2) is 53.2 Å². The zero-order chi connectivity index (χ0) is 13.2. The summed E-state index contributed by atoms with van der Waals surface area (Å²) < 4.78 is 7.06. The van der Waals surface area contributed by atoms with Crippen LogP contribution in [0.3, 0.4) is 0 Å². The molecule has 0 radical (unpaired) electrons. The predicted octanol–water partition coefficient (Wildman–Crippen LogP) is -0.280. The summed E-state index contributed by atoms with van der Waals surface area (Å²) in [7, 11) is 1.72. The molecule has 1 amide bonds. The van der Waals surface area contributed by atoms with Crippen LogP contribution >= 0.6 is 0 Å². The van der Waals surface area contributed by atoms with Crippen LogP contribution in [0.5, 0.6) is 0 Å². The van der Waals surface area contributed by atoms with Gasteiger partial charge in [0.25, 0.3) is 5.91 Å². The third-order valence-corrected chi connectivity index (χ3v) is 3.93. The first-order chi connectivity index (χ1) is 9.26. The molecule has 2 heterocycles. The largest absolute Gasteiger partial charge is 0.381 e. The molecule has 2 aliphatic rings. The van der Waals surface area contributed by atoms with E-state index in [0.29, 0.717) is 11.7 Å². The molecule has 0 bridgehead atoms. The van der Waals surface area contributed by atoms with E-state index in [1.807, 2.05) is 0 Å². The number of aromatic nitrogens is 3. The Balaban J connectivity index is 1.56. The minimum absolute atomic E-state index is 0.139. The molecule has 2 N–H and O–H groups in total. The van der Waals surface area contributed by atoms with Crippen molar-refractivity contribution in [2.45, 2.75) is 37.5 Å². The van der Waals surface area contributed by atoms with Crippen LogP contribution in [0.2, 0.25) is 0 Å². The maximum atomic E-state index is 12.1. The summed E-state index contributed by atoms with van der Waals surface area (Å²) in [6.07, 6.45) is 4.83. The Hall–Kier alpha value is -1.47. The molecule has 1 saturated heterocycles. The summed E-state index contributed by atoms with van der Waals surface area (Å²) in [4.78, 5) is 12.1. The normalized spacial score (nSPS) is 27.2. The average molecular weight is 265 g/mol. The maximum absolute atomic E-state index is 12.1. The Morgan fingerprint density at radius 1 is 1.53 bits per heavy atom. The van der Waals surface area contributed by atoms with E-state index in [-0.39, 0.29) is 18.1 Å². The molecule has 0 aromatic carbocycles. The summed E-state index contributed by atoms with van der Waals surface area (Å²) in [5, 5.41) is 14.1. The van der Waals surface area contributed by atoms with Gasteiger partial charge in [-0.3, -0.25) is 4.79 Å². The van der Waals surface area contributed by atoms with Crippen molar-refractivity contribution in [2.75, 3.05) is 20.2 Å². The first kappa shape index (κ1) is 12.6. The molecular weight excluding hydrogens is 246 g/mol. The molecule has 2 atom stereocenters. The van der Waals surface area contributed by atoms with Crippen molar-refractivity contribution in [3.8, 4) is 0 Å². The Bertz CT molecular complexity index is 457. The number of rotatable bonds is 4. The number of methoxy groups -OCH3 is 1. The van der Waals surface area contributed by atoms with Gasteiger partial charge in [0.1, 0.15) is 0 Å². The molecular formula is C12H19N5O2. The van der Waals surface area contributed by atoms with Crippen molar-refractivity contribution in [3.05, 3.63) is 11.9 Å². The maximum Gasteiger partial charge on any atom is 0.273 e. The van der Waals surface area contributed by atoms with Gasteiger partial charge in [0.2, 0.25) is 0 Å². The number of carbonyl (C=O) groups is 1. The zero-order valence-corrected chi connectivity index (χ0v) is 11.0. The highest BCUT2D eigenvalue weighted by molar-refractivity contribution is 5.92. The Morgan fingerprint density at radius 3 is 3.00 bits per heavy atom. The van der Waals surface area contributed by atoms with E-state index in [2.05, 4.69) is 20.9 Å². The van der Waals surface area contributed by atoms with Crippen molar-refractivity contribution < 1.29 is 9.53 Å². The van der Waals surface area contributed by atoms with Crippen LogP contribution in [-0.2, 0) is 4.74 Å². The number of amides is 1. The zero-order valence-electron chi connectivity index (χ0n) is 11.0. The third kappa shape index (κ3) is 2.62. The fourth-order valence-electron chi connectivity index (χ4n) is 2.56. The molecule has 19 heavy (non-hydrogen) atoms. The highest BCUT2D eigenvalue weighted by atomic mass is 16.5. The quantitative estimate of drug-likeness (QED) is 0.782. The summed E-state index contributed by atoms with van der Waals surface area (Å²) in [6.45, 7) is 1.78. The Morgan fingerprint density at radius 2 is 2.37 bits per heavy atom. The van der Waals surface area contributed by atoms with Crippen molar-refractivity contribution in [2.24, 2.45) is 0 Å². The molecule has 2 unspecified atom stereocenters. The van der Waals surface area contributed by atoms with Gasteiger partial charge in [0, 0.05) is 26.2 Å². The van der Waals surface area contributed by atoms with Gasteiger partial charge in [-0.25, -0.2) is 4.68 Å². The first-order valence-corrected chi connectivity index (χ1v) is 6.72. The van der Waals surface area contributed by atoms with E-state index in [4.69, 9.17) is 4.74 Å². The minimum Gasteiger partial charge on any atom is -0.381 e. The second-order valence-corrected chi connectivity index (χ2v) is 5.24. The van der Waals surface area contributed by atoms with Gasteiger partial charge in [-0.15, -0.1) is 5.10 Å². The van der Waals surface area contributed by atoms with Crippen LogP contribution in [0, 0.1) is 0 Å². The SMILES string of the molecule is COC1CCC(NC(=O)c2cn(C3CNC3)nn2)C1. The molecule has 1 saturated carbocycles. The van der Waals surface area contributed by atoms with Crippen LogP contribution in [0.4, 0.5) is 0 Å². The predicted molar refractivity (Wildman–Crippen MR) is 67.8 cm³/mol. The molecule has 0 spiro atoms. The molecule has 1 aliphatic heterocycles. The molecule has 2 fully saturated rings. The second-order valence-electron chi connectivity index (χ2n) is 5.24. The topological polar surface area (TPSA) is 81.1 Å². The third-order valence-electron chi connectivity index (χ3n) is 3.93. The van der Waals surface area contributed by atoms with Gasteiger partial charge >= 0.3 is 0 Å². The molecule has 1 aromatic rings. The van der Waals surface area contributed by atoms with E-state index in [1.165, 1.54) is 0 Å². The number of nitrogens with one attached hydrogen (secondary N) is 2. The van der Waals surface area contributed by atoms with Crippen molar-refractivity contribution >= 4 is 5.91 Å². The number of hydrogen-bond acceptors (Lipinski definition) is 5. The lowest BCUT2D eigenvalue weighted by molar-refractivity contribution is 0.0910. The van der Waals surface area contributed by atoms with Crippen LogP contribution in [0.25, 0.3) is 0 Å². The van der Waals surface area contributed by atoms with E-state index in [0.717, 1.165) is 32.4 Å². The van der Waals surface area contributed by atoms with E-state index in [1.54, 1.807) is 18.0 Å². The first-order valence-electron chi connectivity index (χ1n) is 6.72. The lowest BCUT2D eigenvalue weighted by Gasteiger charge is -2.26. The van der Waals surface area contributed by atoms with Crippen molar-refractivity contribution in [3.63, 3.8) is 0 Å². The van der Waals surface area contributed by atoms with Crippen LogP contribution < -0.4 is 10.6 Å². The monoisotopic (exact) mass is 265 g/mol. The van der Waals surface area contributed by atoms with Crippen LogP contribution in [0.15, 0.2) is 6.20 Å². The van der Waals surface area contributed by atoms with Crippen molar-refractivity contribution in [1.29, 1.82) is 0 Å². The fourth-order valence-corrected chi connectivity index (χ4v) is 2.56. The van der Waals surface area contributed by atoms with E-state index in [9.17, 15) is 4.79 Å².